The lowest BCUT2D eigenvalue weighted by molar-refractivity contribution is -0.140. The Morgan fingerprint density at radius 3 is 2.47 bits per heavy atom. The summed E-state index contributed by atoms with van der Waals surface area (Å²) in [6.45, 7) is 5.55. The van der Waals surface area contributed by atoms with E-state index in [1.54, 1.807) is 0 Å². The number of carbonyl (C=O) groups excluding carboxylic acids is 1. The van der Waals surface area contributed by atoms with Crippen molar-refractivity contribution >= 4 is 5.91 Å². The van der Waals surface area contributed by atoms with Gasteiger partial charge in [0.1, 0.15) is 0 Å². The van der Waals surface area contributed by atoms with Crippen LogP contribution in [-0.4, -0.2) is 41.6 Å². The van der Waals surface area contributed by atoms with Crippen molar-refractivity contribution in [1.29, 1.82) is 0 Å². The highest BCUT2D eigenvalue weighted by atomic mass is 16.2. The molecule has 0 aromatic heterocycles. The van der Waals surface area contributed by atoms with Gasteiger partial charge in [-0.15, -0.1) is 0 Å². The fraction of sp³-hybridized carbons (Fsp3) is 0.909. The molecule has 1 aliphatic heterocycles. The first-order chi connectivity index (χ1) is 6.90. The first-order valence-corrected chi connectivity index (χ1v) is 5.64. The van der Waals surface area contributed by atoms with E-state index in [9.17, 15) is 4.79 Å². The molecule has 0 aromatic carbocycles. The molecule has 4 nitrogen and oxygen atoms in total. The Balaban J connectivity index is 2.06. The molecule has 1 spiro atoms. The summed E-state index contributed by atoms with van der Waals surface area (Å²) < 4.78 is 0. The van der Waals surface area contributed by atoms with E-state index in [1.807, 2.05) is 12.1 Å². The zero-order valence-electron chi connectivity index (χ0n) is 9.92. The van der Waals surface area contributed by atoms with E-state index in [0.29, 0.717) is 13.0 Å². The number of rotatable bonds is 3. The molecule has 0 unspecified atom stereocenters. The third-order valence-electron chi connectivity index (χ3n) is 3.77. The normalized spacial score (nSPS) is 25.3. The lowest BCUT2D eigenvalue weighted by atomic mass is 9.94. The number of hydrazine groups is 1. The van der Waals surface area contributed by atoms with Gasteiger partial charge in [-0.1, -0.05) is 13.8 Å². The standard InChI is InChI=1S/C11H21N3O/c1-10(2,7-12)8-14-9(15)6-11(4-5-11)13(14)3/h4-8,12H2,1-3H3. The second-order valence-electron chi connectivity index (χ2n) is 5.74. The molecule has 86 valence electrons. The Hall–Kier alpha value is -0.610. The SMILES string of the molecule is CN1N(CC(C)(C)CN)C(=O)CC12CC2. The molecule has 0 atom stereocenters. The second-order valence-corrected chi connectivity index (χ2v) is 5.74. The fourth-order valence-electron chi connectivity index (χ4n) is 2.22. The van der Waals surface area contributed by atoms with Crippen molar-refractivity contribution in [3.05, 3.63) is 0 Å². The molecule has 0 bridgehead atoms. The van der Waals surface area contributed by atoms with Crippen LogP contribution in [0.1, 0.15) is 33.1 Å². The zero-order valence-corrected chi connectivity index (χ0v) is 9.92. The van der Waals surface area contributed by atoms with Crippen LogP contribution in [0, 0.1) is 5.41 Å². The zero-order chi connectivity index (χ0) is 11.3. The minimum atomic E-state index is 0.00431. The lowest BCUT2D eigenvalue weighted by Gasteiger charge is -2.34. The molecular formula is C11H21N3O. The Labute approximate surface area is 91.4 Å². The van der Waals surface area contributed by atoms with Gasteiger partial charge in [-0.25, -0.2) is 5.01 Å². The molecule has 2 N–H and O–H groups in total. The van der Waals surface area contributed by atoms with Crippen LogP contribution in [0.15, 0.2) is 0 Å². The van der Waals surface area contributed by atoms with Crippen LogP contribution < -0.4 is 5.73 Å². The minimum Gasteiger partial charge on any atom is -0.330 e. The Morgan fingerprint density at radius 1 is 1.47 bits per heavy atom. The van der Waals surface area contributed by atoms with Gasteiger partial charge in [-0.05, 0) is 24.8 Å². The molecule has 1 saturated heterocycles. The Kier molecular flexibility index (Phi) is 2.32. The van der Waals surface area contributed by atoms with Crippen molar-refractivity contribution in [3.63, 3.8) is 0 Å². The quantitative estimate of drug-likeness (QED) is 0.743. The predicted octanol–water partition coefficient (Wildman–Crippen LogP) is 0.583. The van der Waals surface area contributed by atoms with E-state index in [2.05, 4.69) is 18.9 Å². The van der Waals surface area contributed by atoms with Gasteiger partial charge in [0.2, 0.25) is 5.91 Å². The number of carbonyl (C=O) groups is 1. The minimum absolute atomic E-state index is 0.00431. The molecule has 2 fully saturated rings. The van der Waals surface area contributed by atoms with Crippen LogP contribution in [-0.2, 0) is 4.79 Å². The highest BCUT2D eigenvalue weighted by Gasteiger charge is 2.56. The largest absolute Gasteiger partial charge is 0.330 e. The molecule has 1 heterocycles. The number of amides is 1. The van der Waals surface area contributed by atoms with Gasteiger partial charge >= 0.3 is 0 Å². The first kappa shape index (κ1) is 10.9. The summed E-state index contributed by atoms with van der Waals surface area (Å²) in [6, 6.07) is 0. The van der Waals surface area contributed by atoms with Crippen LogP contribution in [0.2, 0.25) is 0 Å². The summed E-state index contributed by atoms with van der Waals surface area (Å²) in [5.74, 6) is 0.261. The van der Waals surface area contributed by atoms with Gasteiger partial charge in [-0.3, -0.25) is 9.80 Å². The van der Waals surface area contributed by atoms with Gasteiger partial charge in [0.15, 0.2) is 0 Å². The van der Waals surface area contributed by atoms with Crippen molar-refractivity contribution in [2.75, 3.05) is 20.1 Å². The van der Waals surface area contributed by atoms with Gasteiger partial charge in [0, 0.05) is 25.6 Å². The predicted molar refractivity (Wildman–Crippen MR) is 58.9 cm³/mol. The molecule has 4 heteroatoms. The summed E-state index contributed by atoms with van der Waals surface area (Å²) >= 11 is 0. The van der Waals surface area contributed by atoms with Gasteiger partial charge in [0.05, 0.1) is 0 Å². The monoisotopic (exact) mass is 211 g/mol. The number of hydrogen-bond acceptors (Lipinski definition) is 3. The van der Waals surface area contributed by atoms with Crippen molar-refractivity contribution < 1.29 is 4.79 Å². The van der Waals surface area contributed by atoms with Gasteiger partial charge in [0.25, 0.3) is 0 Å². The summed E-state index contributed by atoms with van der Waals surface area (Å²) in [5, 5.41) is 4.03. The molecule has 0 radical (unpaired) electrons. The molecule has 1 aliphatic carbocycles. The Morgan fingerprint density at radius 2 is 2.07 bits per heavy atom. The molecule has 0 aromatic rings. The molecule has 1 saturated carbocycles. The van der Waals surface area contributed by atoms with E-state index in [4.69, 9.17) is 5.73 Å². The highest BCUT2D eigenvalue weighted by Crippen LogP contribution is 2.49. The third kappa shape index (κ3) is 1.76. The van der Waals surface area contributed by atoms with Crippen LogP contribution in [0.5, 0.6) is 0 Å². The number of nitrogens with zero attached hydrogens (tertiary/aromatic N) is 2. The van der Waals surface area contributed by atoms with Gasteiger partial charge in [-0.2, -0.15) is 0 Å². The van der Waals surface area contributed by atoms with Crippen molar-refractivity contribution in [2.24, 2.45) is 11.1 Å². The maximum atomic E-state index is 11.9. The van der Waals surface area contributed by atoms with E-state index >= 15 is 0 Å². The smallest absolute Gasteiger partial charge is 0.238 e. The third-order valence-corrected chi connectivity index (χ3v) is 3.77. The topological polar surface area (TPSA) is 49.6 Å². The van der Waals surface area contributed by atoms with E-state index < -0.39 is 0 Å². The summed E-state index contributed by atoms with van der Waals surface area (Å²) in [5.41, 5.74) is 5.89. The van der Waals surface area contributed by atoms with Crippen molar-refractivity contribution in [1.82, 2.24) is 10.0 Å². The molecular weight excluding hydrogens is 190 g/mol. The van der Waals surface area contributed by atoms with Crippen molar-refractivity contribution in [3.8, 4) is 0 Å². The summed E-state index contributed by atoms with van der Waals surface area (Å²) in [6.07, 6.45) is 3.02. The average molecular weight is 211 g/mol. The van der Waals surface area contributed by atoms with E-state index in [-0.39, 0.29) is 16.9 Å². The molecule has 1 amide bonds. The summed E-state index contributed by atoms with van der Waals surface area (Å²) in [7, 11) is 2.03. The number of nitrogens with two attached hydrogens (primary N) is 1. The average Bonchev–Trinajstić information content (AvgIpc) is 2.90. The molecule has 15 heavy (non-hydrogen) atoms. The Bertz CT molecular complexity index is 284. The van der Waals surface area contributed by atoms with Crippen LogP contribution in [0.25, 0.3) is 0 Å². The maximum absolute atomic E-state index is 11.9. The second kappa shape index (κ2) is 3.19. The van der Waals surface area contributed by atoms with E-state index in [0.717, 1.165) is 19.4 Å². The fourth-order valence-corrected chi connectivity index (χ4v) is 2.22. The van der Waals surface area contributed by atoms with Crippen LogP contribution in [0.4, 0.5) is 0 Å². The lowest BCUT2D eigenvalue weighted by Crippen LogP contribution is -2.47. The molecule has 2 rings (SSSR count). The van der Waals surface area contributed by atoms with Gasteiger partial charge < -0.3 is 5.73 Å². The maximum Gasteiger partial charge on any atom is 0.238 e. The van der Waals surface area contributed by atoms with Crippen LogP contribution in [0.3, 0.4) is 0 Å². The first-order valence-electron chi connectivity index (χ1n) is 5.64. The summed E-state index contributed by atoms with van der Waals surface area (Å²) in [4.78, 5) is 11.9. The van der Waals surface area contributed by atoms with Crippen molar-refractivity contribution in [2.45, 2.75) is 38.6 Å². The number of hydrogen-bond donors (Lipinski definition) is 1. The van der Waals surface area contributed by atoms with E-state index in [1.165, 1.54) is 0 Å². The van der Waals surface area contributed by atoms with Crippen LogP contribution >= 0.6 is 0 Å². The highest BCUT2D eigenvalue weighted by molar-refractivity contribution is 5.80. The molecule has 2 aliphatic rings.